The van der Waals surface area contributed by atoms with E-state index in [9.17, 15) is 0 Å². The van der Waals surface area contributed by atoms with E-state index in [1.165, 1.54) is 11.1 Å². The molecule has 0 saturated carbocycles. The van der Waals surface area contributed by atoms with Gasteiger partial charge in [0.15, 0.2) is 0 Å². The zero-order valence-corrected chi connectivity index (χ0v) is 14.3. The van der Waals surface area contributed by atoms with E-state index in [0.29, 0.717) is 6.04 Å². The summed E-state index contributed by atoms with van der Waals surface area (Å²) in [4.78, 5) is 0. The zero-order chi connectivity index (χ0) is 14.5. The second-order valence-electron chi connectivity index (χ2n) is 5.67. The van der Waals surface area contributed by atoms with Crippen molar-refractivity contribution >= 4 is 15.9 Å². The smallest absolute Gasteiger partial charge is 0.0623 e. The lowest BCUT2D eigenvalue weighted by atomic mass is 9.94. The maximum absolute atomic E-state index is 5.51. The van der Waals surface area contributed by atoms with Crippen molar-refractivity contribution in [1.82, 2.24) is 5.32 Å². The maximum atomic E-state index is 5.51. The van der Waals surface area contributed by atoms with Crippen LogP contribution in [-0.4, -0.2) is 19.3 Å². The van der Waals surface area contributed by atoms with E-state index in [4.69, 9.17) is 4.74 Å². The molecular weight excluding hydrogens is 302 g/mol. The highest BCUT2D eigenvalue weighted by Gasteiger charge is 2.20. The number of hydrogen-bond donors (Lipinski definition) is 1. The van der Waals surface area contributed by atoms with Gasteiger partial charge in [-0.25, -0.2) is 0 Å². The molecule has 0 aliphatic heterocycles. The Labute approximate surface area is 126 Å². The molecule has 1 N–H and O–H groups in total. The summed E-state index contributed by atoms with van der Waals surface area (Å²) in [5.74, 6) is 0. The second kappa shape index (κ2) is 7.41. The first kappa shape index (κ1) is 16.7. The van der Waals surface area contributed by atoms with Gasteiger partial charge in [0.1, 0.15) is 0 Å². The van der Waals surface area contributed by atoms with Gasteiger partial charge < -0.3 is 10.1 Å². The average Bonchev–Trinajstić information content (AvgIpc) is 2.33. The second-order valence-corrected chi connectivity index (χ2v) is 6.59. The molecule has 0 aromatic heterocycles. The lowest BCUT2D eigenvalue weighted by Crippen LogP contribution is -2.27. The van der Waals surface area contributed by atoms with Gasteiger partial charge >= 0.3 is 0 Å². The lowest BCUT2D eigenvalue weighted by molar-refractivity contribution is 0.0117. The summed E-state index contributed by atoms with van der Waals surface area (Å²) in [6.07, 6.45) is 2.11. The molecule has 0 spiro atoms. The Morgan fingerprint density at radius 3 is 2.53 bits per heavy atom. The highest BCUT2D eigenvalue weighted by atomic mass is 79.9. The monoisotopic (exact) mass is 327 g/mol. The van der Waals surface area contributed by atoms with Crippen molar-refractivity contribution < 1.29 is 4.74 Å². The third kappa shape index (κ3) is 5.64. The van der Waals surface area contributed by atoms with Crippen LogP contribution in [-0.2, 0) is 4.74 Å². The van der Waals surface area contributed by atoms with Crippen molar-refractivity contribution in [3.8, 4) is 0 Å². The molecule has 1 unspecified atom stereocenters. The van der Waals surface area contributed by atoms with Gasteiger partial charge in [-0.1, -0.05) is 28.9 Å². The minimum Gasteiger partial charge on any atom is -0.379 e. The Balaban J connectivity index is 2.82. The van der Waals surface area contributed by atoms with Gasteiger partial charge in [0.2, 0.25) is 0 Å². The molecule has 0 saturated heterocycles. The first-order chi connectivity index (χ1) is 8.88. The molecule has 0 fully saturated rings. The number of aryl methyl sites for hydroxylation is 1. The van der Waals surface area contributed by atoms with Crippen LogP contribution in [0.25, 0.3) is 0 Å². The van der Waals surface area contributed by atoms with E-state index >= 15 is 0 Å². The third-order valence-electron chi connectivity index (χ3n) is 3.51. The molecule has 1 aromatic carbocycles. The number of nitrogens with one attached hydrogen (secondary N) is 1. The predicted octanol–water partition coefficient (Wildman–Crippen LogP) is 4.61. The van der Waals surface area contributed by atoms with Gasteiger partial charge in [-0.2, -0.15) is 0 Å². The highest BCUT2D eigenvalue weighted by molar-refractivity contribution is 9.10. The fraction of sp³-hybridized carbons (Fsp3) is 0.625. The van der Waals surface area contributed by atoms with Crippen molar-refractivity contribution in [2.24, 2.45) is 0 Å². The Bertz CT molecular complexity index is 383. The minimum atomic E-state index is -0.0608. The van der Waals surface area contributed by atoms with Crippen LogP contribution in [0.3, 0.4) is 0 Å². The first-order valence-electron chi connectivity index (χ1n) is 6.93. The van der Waals surface area contributed by atoms with Crippen LogP contribution in [0.5, 0.6) is 0 Å². The molecule has 1 aromatic rings. The first-order valence-corrected chi connectivity index (χ1v) is 7.73. The van der Waals surface area contributed by atoms with E-state index < -0.39 is 0 Å². The molecule has 0 heterocycles. The van der Waals surface area contributed by atoms with E-state index in [1.807, 2.05) is 0 Å². The number of ether oxygens (including phenoxy) is 1. The third-order valence-corrected chi connectivity index (χ3v) is 3.96. The van der Waals surface area contributed by atoms with Crippen LogP contribution in [0.15, 0.2) is 22.7 Å². The van der Waals surface area contributed by atoms with E-state index in [-0.39, 0.29) is 5.60 Å². The number of hydrogen-bond acceptors (Lipinski definition) is 2. The van der Waals surface area contributed by atoms with Gasteiger partial charge in [0, 0.05) is 17.6 Å². The molecule has 2 nitrogen and oxygen atoms in total. The highest BCUT2D eigenvalue weighted by Crippen LogP contribution is 2.27. The summed E-state index contributed by atoms with van der Waals surface area (Å²) in [7, 11) is 1.78. The van der Waals surface area contributed by atoms with Crippen LogP contribution < -0.4 is 5.32 Å². The van der Waals surface area contributed by atoms with Gasteiger partial charge in [-0.15, -0.1) is 0 Å². The molecule has 0 bridgehead atoms. The Kier molecular flexibility index (Phi) is 6.51. The van der Waals surface area contributed by atoms with Crippen LogP contribution in [0, 0.1) is 6.92 Å². The molecular formula is C16H26BrNO. The molecule has 108 valence electrons. The van der Waals surface area contributed by atoms with Crippen molar-refractivity contribution in [3.63, 3.8) is 0 Å². The predicted molar refractivity (Wildman–Crippen MR) is 85.6 cm³/mol. The quantitative estimate of drug-likeness (QED) is 0.789. The van der Waals surface area contributed by atoms with Crippen molar-refractivity contribution in [2.75, 3.05) is 13.7 Å². The van der Waals surface area contributed by atoms with E-state index in [0.717, 1.165) is 23.9 Å². The Hall–Kier alpha value is -0.380. The normalized spacial score (nSPS) is 13.6. The summed E-state index contributed by atoms with van der Waals surface area (Å²) in [6, 6.07) is 7.00. The Morgan fingerprint density at radius 2 is 2.00 bits per heavy atom. The SMILES string of the molecule is CCNC(CCC(C)(C)OC)c1cc(C)cc(Br)c1. The maximum Gasteiger partial charge on any atom is 0.0623 e. The molecule has 1 atom stereocenters. The summed E-state index contributed by atoms with van der Waals surface area (Å²) < 4.78 is 6.66. The summed E-state index contributed by atoms with van der Waals surface area (Å²) in [5, 5.41) is 3.57. The average molecular weight is 328 g/mol. The van der Waals surface area contributed by atoms with Gasteiger partial charge in [0.25, 0.3) is 0 Å². The molecule has 0 aliphatic carbocycles. The molecule has 0 aliphatic rings. The molecule has 0 amide bonds. The van der Waals surface area contributed by atoms with Gasteiger partial charge in [0.05, 0.1) is 5.60 Å². The minimum absolute atomic E-state index is 0.0608. The molecule has 3 heteroatoms. The molecule has 0 radical (unpaired) electrons. The number of halogens is 1. The number of benzene rings is 1. The van der Waals surface area contributed by atoms with Crippen molar-refractivity contribution in [2.45, 2.75) is 52.2 Å². The Morgan fingerprint density at radius 1 is 1.32 bits per heavy atom. The van der Waals surface area contributed by atoms with Gasteiger partial charge in [-0.3, -0.25) is 0 Å². The fourth-order valence-electron chi connectivity index (χ4n) is 2.19. The summed E-state index contributed by atoms with van der Waals surface area (Å²) in [5.41, 5.74) is 2.58. The fourth-order valence-corrected chi connectivity index (χ4v) is 2.82. The van der Waals surface area contributed by atoms with E-state index in [2.05, 4.69) is 67.1 Å². The van der Waals surface area contributed by atoms with Crippen LogP contribution in [0.4, 0.5) is 0 Å². The number of rotatable bonds is 7. The molecule has 19 heavy (non-hydrogen) atoms. The van der Waals surface area contributed by atoms with Crippen molar-refractivity contribution in [1.29, 1.82) is 0 Å². The standard InChI is InChI=1S/C16H26BrNO/c1-6-18-15(7-8-16(3,4)19-5)13-9-12(2)10-14(17)11-13/h9-11,15,18H,6-8H2,1-5H3. The zero-order valence-electron chi connectivity index (χ0n) is 12.7. The van der Waals surface area contributed by atoms with Crippen LogP contribution in [0.2, 0.25) is 0 Å². The summed E-state index contributed by atoms with van der Waals surface area (Å²) >= 11 is 3.58. The van der Waals surface area contributed by atoms with Gasteiger partial charge in [-0.05, 0) is 63.4 Å². The lowest BCUT2D eigenvalue weighted by Gasteiger charge is -2.27. The number of methoxy groups -OCH3 is 1. The summed E-state index contributed by atoms with van der Waals surface area (Å²) in [6.45, 7) is 9.55. The van der Waals surface area contributed by atoms with Crippen molar-refractivity contribution in [3.05, 3.63) is 33.8 Å². The largest absolute Gasteiger partial charge is 0.379 e. The van der Waals surface area contributed by atoms with Crippen LogP contribution >= 0.6 is 15.9 Å². The molecule has 1 rings (SSSR count). The topological polar surface area (TPSA) is 21.3 Å². The van der Waals surface area contributed by atoms with Crippen LogP contribution in [0.1, 0.15) is 50.8 Å². The van der Waals surface area contributed by atoms with E-state index in [1.54, 1.807) is 7.11 Å².